The number of hydrogen-bond acceptors (Lipinski definition) is 6. The van der Waals surface area contributed by atoms with E-state index in [0.717, 1.165) is 12.0 Å². The number of para-hydroxylation sites is 1. The average molecular weight is 437 g/mol. The number of benzene rings is 2. The lowest BCUT2D eigenvalue weighted by molar-refractivity contribution is 0.0716. The van der Waals surface area contributed by atoms with E-state index in [-0.39, 0.29) is 30.2 Å². The van der Waals surface area contributed by atoms with Crippen LogP contribution >= 0.6 is 0 Å². The number of rotatable bonds is 9. The Hall–Kier alpha value is -3.32. The Morgan fingerprint density at radius 3 is 2.62 bits per heavy atom. The van der Waals surface area contributed by atoms with Crippen molar-refractivity contribution in [2.75, 3.05) is 26.4 Å². The molecule has 1 aliphatic rings. The third-order valence-electron chi connectivity index (χ3n) is 5.48. The number of amides is 1. The first-order valence-corrected chi connectivity index (χ1v) is 11.0. The minimum atomic E-state index is -0.635. The second-order valence-corrected chi connectivity index (χ2v) is 7.64. The molecular weight excluding hydrogens is 410 g/mol. The summed E-state index contributed by atoms with van der Waals surface area (Å²) in [5.41, 5.74) is 1.20. The number of carbonyl (C=O) groups excluding carboxylic acids is 1. The first kappa shape index (κ1) is 21.9. The van der Waals surface area contributed by atoms with Crippen LogP contribution in [-0.2, 0) is 0 Å². The summed E-state index contributed by atoms with van der Waals surface area (Å²) in [5, 5.41) is 9.80. The van der Waals surface area contributed by atoms with Crippen molar-refractivity contribution in [2.45, 2.75) is 32.7 Å². The highest BCUT2D eigenvalue weighted by molar-refractivity contribution is 5.99. The highest BCUT2D eigenvalue weighted by Crippen LogP contribution is 2.41. The van der Waals surface area contributed by atoms with Crippen LogP contribution in [0.5, 0.6) is 11.5 Å². The molecule has 7 heteroatoms. The van der Waals surface area contributed by atoms with Crippen molar-refractivity contribution < 1.29 is 23.8 Å². The Balaban J connectivity index is 1.88. The summed E-state index contributed by atoms with van der Waals surface area (Å²) >= 11 is 0. The number of carbonyl (C=O) groups is 1. The molecular formula is C25H27NO6. The van der Waals surface area contributed by atoms with E-state index in [1.165, 1.54) is 0 Å². The lowest BCUT2D eigenvalue weighted by Crippen LogP contribution is -2.31. The fraction of sp³-hybridized carbons (Fsp3) is 0.360. The molecule has 0 fully saturated rings. The van der Waals surface area contributed by atoms with E-state index in [2.05, 4.69) is 0 Å². The van der Waals surface area contributed by atoms with Crippen molar-refractivity contribution >= 4 is 16.9 Å². The third-order valence-corrected chi connectivity index (χ3v) is 5.48. The van der Waals surface area contributed by atoms with E-state index < -0.39 is 6.04 Å². The highest BCUT2D eigenvalue weighted by Gasteiger charge is 2.42. The number of hydrogen-bond donors (Lipinski definition) is 1. The number of aliphatic hydroxyl groups excluding tert-OH is 1. The van der Waals surface area contributed by atoms with Crippen LogP contribution in [0.3, 0.4) is 0 Å². The lowest BCUT2D eigenvalue weighted by atomic mass is 9.98. The van der Waals surface area contributed by atoms with Crippen LogP contribution in [0.25, 0.3) is 11.0 Å². The molecule has 0 aliphatic carbocycles. The van der Waals surface area contributed by atoms with E-state index >= 15 is 0 Å². The molecule has 1 aliphatic heterocycles. The fourth-order valence-corrected chi connectivity index (χ4v) is 4.08. The molecule has 3 aromatic rings. The molecule has 2 aromatic carbocycles. The number of aliphatic hydroxyl groups is 1. The lowest BCUT2D eigenvalue weighted by Gasteiger charge is -2.25. The largest absolute Gasteiger partial charge is 0.490 e. The molecule has 0 saturated heterocycles. The van der Waals surface area contributed by atoms with Gasteiger partial charge in [0.05, 0.1) is 30.2 Å². The molecule has 1 aromatic heterocycles. The number of ether oxygens (including phenoxy) is 2. The highest BCUT2D eigenvalue weighted by atomic mass is 16.5. The minimum Gasteiger partial charge on any atom is -0.490 e. The topological polar surface area (TPSA) is 89.2 Å². The number of nitrogens with zero attached hydrogens (tertiary/aromatic N) is 1. The zero-order valence-electron chi connectivity index (χ0n) is 18.3. The molecule has 4 rings (SSSR count). The second kappa shape index (κ2) is 9.44. The SMILES string of the molecule is CCCOc1ccc(C2c3c(oc4ccccc4c3=O)C(=O)N2CCCO)cc1OCC. The quantitative estimate of drug-likeness (QED) is 0.546. The molecule has 0 radical (unpaired) electrons. The molecule has 1 N–H and O–H groups in total. The summed E-state index contributed by atoms with van der Waals surface area (Å²) < 4.78 is 17.5. The van der Waals surface area contributed by atoms with Crippen LogP contribution < -0.4 is 14.9 Å². The van der Waals surface area contributed by atoms with E-state index in [1.807, 2.05) is 32.0 Å². The van der Waals surface area contributed by atoms with Gasteiger partial charge in [-0.25, -0.2) is 0 Å². The maximum absolute atomic E-state index is 13.4. The summed E-state index contributed by atoms with van der Waals surface area (Å²) in [6.07, 6.45) is 1.25. The molecule has 0 bridgehead atoms. The Morgan fingerprint density at radius 1 is 1.06 bits per heavy atom. The average Bonchev–Trinajstić information content (AvgIpc) is 3.09. The molecule has 7 nitrogen and oxygen atoms in total. The van der Waals surface area contributed by atoms with Crippen molar-refractivity contribution in [1.29, 1.82) is 0 Å². The fourth-order valence-electron chi connectivity index (χ4n) is 4.08. The van der Waals surface area contributed by atoms with Gasteiger partial charge < -0.3 is 23.9 Å². The first-order chi connectivity index (χ1) is 15.6. The van der Waals surface area contributed by atoms with Gasteiger partial charge >= 0.3 is 0 Å². The van der Waals surface area contributed by atoms with Crippen LogP contribution in [0.15, 0.2) is 51.7 Å². The third kappa shape index (κ3) is 3.84. The van der Waals surface area contributed by atoms with Gasteiger partial charge in [-0.2, -0.15) is 0 Å². The summed E-state index contributed by atoms with van der Waals surface area (Å²) in [5.74, 6) is 0.882. The summed E-state index contributed by atoms with van der Waals surface area (Å²) in [4.78, 5) is 28.3. The van der Waals surface area contributed by atoms with E-state index in [4.69, 9.17) is 13.9 Å². The van der Waals surface area contributed by atoms with Gasteiger partial charge in [0.15, 0.2) is 16.9 Å². The van der Waals surface area contributed by atoms with Crippen molar-refractivity contribution in [3.05, 3.63) is 69.6 Å². The van der Waals surface area contributed by atoms with Gasteiger partial charge in [-0.1, -0.05) is 25.1 Å². The van der Waals surface area contributed by atoms with Crippen molar-refractivity contribution in [3.63, 3.8) is 0 Å². The zero-order valence-corrected chi connectivity index (χ0v) is 18.3. The van der Waals surface area contributed by atoms with Gasteiger partial charge in [0.1, 0.15) is 5.58 Å². The van der Waals surface area contributed by atoms with E-state index in [0.29, 0.717) is 47.7 Å². The normalized spacial score (nSPS) is 15.3. The van der Waals surface area contributed by atoms with Crippen LogP contribution in [-0.4, -0.2) is 42.3 Å². The van der Waals surface area contributed by atoms with Gasteiger partial charge in [-0.05, 0) is 49.6 Å². The summed E-state index contributed by atoms with van der Waals surface area (Å²) in [6.45, 7) is 5.15. The van der Waals surface area contributed by atoms with Crippen molar-refractivity contribution in [1.82, 2.24) is 4.90 Å². The van der Waals surface area contributed by atoms with Gasteiger partial charge in [-0.15, -0.1) is 0 Å². The van der Waals surface area contributed by atoms with Crippen LogP contribution in [0.4, 0.5) is 0 Å². The monoisotopic (exact) mass is 437 g/mol. The predicted molar refractivity (Wildman–Crippen MR) is 120 cm³/mol. The second-order valence-electron chi connectivity index (χ2n) is 7.64. The molecule has 32 heavy (non-hydrogen) atoms. The molecule has 0 saturated carbocycles. The van der Waals surface area contributed by atoms with Gasteiger partial charge in [0.25, 0.3) is 5.91 Å². The minimum absolute atomic E-state index is 0.0564. The van der Waals surface area contributed by atoms with Gasteiger partial charge in [-0.3, -0.25) is 9.59 Å². The Labute approximate surface area is 186 Å². The standard InChI is InChI=1S/C25H27NO6/c1-3-14-31-19-11-10-16(15-20(19)30-4-2)22-21-23(28)17-8-5-6-9-18(17)32-24(21)25(29)26(22)12-7-13-27/h5-6,8-11,15,22,27H,3-4,7,12-14H2,1-2H3. The van der Waals surface area contributed by atoms with Crippen LogP contribution in [0, 0.1) is 0 Å². The molecule has 168 valence electrons. The molecule has 0 spiro atoms. The van der Waals surface area contributed by atoms with Crippen molar-refractivity contribution in [3.8, 4) is 11.5 Å². The van der Waals surface area contributed by atoms with Gasteiger partial charge in [0.2, 0.25) is 5.76 Å². The van der Waals surface area contributed by atoms with E-state index in [9.17, 15) is 14.7 Å². The van der Waals surface area contributed by atoms with Crippen LogP contribution in [0.1, 0.15) is 54.4 Å². The first-order valence-electron chi connectivity index (χ1n) is 11.0. The van der Waals surface area contributed by atoms with Crippen molar-refractivity contribution in [2.24, 2.45) is 0 Å². The number of fused-ring (bicyclic) bond motifs is 2. The Morgan fingerprint density at radius 2 is 1.88 bits per heavy atom. The maximum Gasteiger partial charge on any atom is 0.290 e. The Kier molecular flexibility index (Phi) is 6.46. The molecule has 1 atom stereocenters. The summed E-state index contributed by atoms with van der Waals surface area (Å²) in [6, 6.07) is 11.8. The van der Waals surface area contributed by atoms with Gasteiger partial charge in [0, 0.05) is 13.2 Å². The molecule has 1 unspecified atom stereocenters. The molecule has 2 heterocycles. The summed E-state index contributed by atoms with van der Waals surface area (Å²) in [7, 11) is 0. The predicted octanol–water partition coefficient (Wildman–Crippen LogP) is 3.91. The molecule has 1 amide bonds. The maximum atomic E-state index is 13.4. The van der Waals surface area contributed by atoms with E-state index in [1.54, 1.807) is 29.2 Å². The zero-order chi connectivity index (χ0) is 22.7. The smallest absolute Gasteiger partial charge is 0.290 e. The van der Waals surface area contributed by atoms with Crippen LogP contribution in [0.2, 0.25) is 0 Å². The Bertz CT molecular complexity index is 1180.